The van der Waals surface area contributed by atoms with E-state index in [-0.39, 0.29) is 22.5 Å². The third kappa shape index (κ3) is 5.17. The van der Waals surface area contributed by atoms with Crippen LogP contribution in [0.2, 0.25) is 0 Å². The first kappa shape index (κ1) is 27.9. The molecule has 3 unspecified atom stereocenters. The van der Waals surface area contributed by atoms with Crippen molar-refractivity contribution in [2.24, 2.45) is 22.4 Å². The molecule has 0 bridgehead atoms. The van der Waals surface area contributed by atoms with E-state index in [0.717, 1.165) is 38.2 Å². The Balaban J connectivity index is 1.19. The minimum Gasteiger partial charge on any atom is -0.423 e. The molecular weight excluding hydrogens is 562 g/mol. The van der Waals surface area contributed by atoms with Crippen LogP contribution in [0.1, 0.15) is 66.4 Å². The molecule has 2 fully saturated rings. The molecule has 0 heterocycles. The van der Waals surface area contributed by atoms with E-state index < -0.39 is 30.8 Å². The molecular formula is C31H33NO7S2. The van der Waals surface area contributed by atoms with Crippen molar-refractivity contribution >= 4 is 26.1 Å². The van der Waals surface area contributed by atoms with Crippen LogP contribution in [0.3, 0.4) is 0 Å². The second kappa shape index (κ2) is 10.3. The summed E-state index contributed by atoms with van der Waals surface area (Å²) in [7, 11) is -8.02. The fourth-order valence-electron chi connectivity index (χ4n) is 7.68. The standard InChI is InChI=1S/C31H33NO7S2/c1-31-17-16-26-25-13-11-22(38-30(33)20-6-3-2-4-7-20)18-21(25)10-12-27(26)28(31)14-15-29(31)41(36,37)39-23-8-5-9-24(19-23)40(32,34)35/h2-9,11,13,18-19,26-29H,10,12,14-17H2,1H3,(H2,32,34,35)/t26?,27?,28?,29-,31-/m0/s1. The Bertz CT molecular complexity index is 1710. The van der Waals surface area contributed by atoms with E-state index in [1.165, 1.54) is 29.3 Å². The topological polar surface area (TPSA) is 130 Å². The Morgan fingerprint density at radius 3 is 2.41 bits per heavy atom. The highest BCUT2D eigenvalue weighted by Crippen LogP contribution is 2.62. The Hall–Kier alpha value is -3.21. The first-order chi connectivity index (χ1) is 19.5. The lowest BCUT2D eigenvalue weighted by Gasteiger charge is -2.50. The quantitative estimate of drug-likeness (QED) is 0.236. The summed E-state index contributed by atoms with van der Waals surface area (Å²) in [6.07, 6.45) is 4.69. The van der Waals surface area contributed by atoms with E-state index in [1.807, 2.05) is 18.2 Å². The molecule has 10 heteroatoms. The summed E-state index contributed by atoms with van der Waals surface area (Å²) in [4.78, 5) is 12.3. The summed E-state index contributed by atoms with van der Waals surface area (Å²) in [5, 5.41) is 4.53. The molecule has 8 nitrogen and oxygen atoms in total. The zero-order valence-electron chi connectivity index (χ0n) is 22.7. The van der Waals surface area contributed by atoms with Crippen molar-refractivity contribution in [3.05, 3.63) is 89.5 Å². The number of esters is 1. The Morgan fingerprint density at radius 2 is 1.66 bits per heavy atom. The number of carbonyl (C=O) groups excluding carboxylic acids is 1. The molecule has 0 spiro atoms. The average molecular weight is 596 g/mol. The third-order valence-electron chi connectivity index (χ3n) is 9.53. The van der Waals surface area contributed by atoms with Gasteiger partial charge >= 0.3 is 16.1 Å². The van der Waals surface area contributed by atoms with Crippen molar-refractivity contribution in [3.63, 3.8) is 0 Å². The highest BCUT2D eigenvalue weighted by atomic mass is 32.2. The summed E-state index contributed by atoms with van der Waals surface area (Å²) >= 11 is 0. The lowest BCUT2D eigenvalue weighted by Crippen LogP contribution is -2.47. The zero-order chi connectivity index (χ0) is 29.0. The van der Waals surface area contributed by atoms with Crippen LogP contribution in [-0.4, -0.2) is 28.1 Å². The number of fused-ring (bicyclic) bond motifs is 5. The van der Waals surface area contributed by atoms with Crippen LogP contribution in [0.15, 0.2) is 77.7 Å². The van der Waals surface area contributed by atoms with Crippen molar-refractivity contribution in [1.29, 1.82) is 0 Å². The summed E-state index contributed by atoms with van der Waals surface area (Å²) in [5.74, 6) is 1.00. The molecule has 3 aliphatic carbocycles. The Kier molecular flexibility index (Phi) is 6.99. The van der Waals surface area contributed by atoms with Gasteiger partial charge in [0, 0.05) is 6.07 Å². The highest BCUT2D eigenvalue weighted by molar-refractivity contribution is 7.89. The minimum absolute atomic E-state index is 0.0485. The van der Waals surface area contributed by atoms with Crippen molar-refractivity contribution in [1.82, 2.24) is 0 Å². The summed E-state index contributed by atoms with van der Waals surface area (Å²) in [5.41, 5.74) is 2.52. The van der Waals surface area contributed by atoms with Crippen molar-refractivity contribution in [2.75, 3.05) is 0 Å². The first-order valence-electron chi connectivity index (χ1n) is 13.9. The van der Waals surface area contributed by atoms with E-state index >= 15 is 0 Å². The second-order valence-corrected chi connectivity index (χ2v) is 15.0. The first-order valence-corrected chi connectivity index (χ1v) is 16.9. The minimum atomic E-state index is -4.03. The number of ether oxygens (including phenoxy) is 1. The molecule has 3 aromatic rings. The van der Waals surface area contributed by atoms with Crippen LogP contribution in [0, 0.1) is 17.3 Å². The number of sulfonamides is 1. The molecule has 0 saturated heterocycles. The average Bonchev–Trinajstić information content (AvgIpc) is 3.31. The Labute approximate surface area is 241 Å². The van der Waals surface area contributed by atoms with Crippen LogP contribution in [0.25, 0.3) is 0 Å². The number of aryl methyl sites for hydroxylation is 1. The summed E-state index contributed by atoms with van der Waals surface area (Å²) < 4.78 is 61.8. The number of hydrogen-bond donors (Lipinski definition) is 1. The Morgan fingerprint density at radius 1 is 0.878 bits per heavy atom. The number of hydrogen-bond acceptors (Lipinski definition) is 7. The third-order valence-corrected chi connectivity index (χ3v) is 12.3. The van der Waals surface area contributed by atoms with Gasteiger partial charge in [-0.25, -0.2) is 18.4 Å². The van der Waals surface area contributed by atoms with E-state index in [9.17, 15) is 21.6 Å². The molecule has 216 valence electrons. The van der Waals surface area contributed by atoms with Crippen molar-refractivity contribution in [3.8, 4) is 11.5 Å². The number of nitrogens with two attached hydrogens (primary N) is 1. The molecule has 41 heavy (non-hydrogen) atoms. The van der Waals surface area contributed by atoms with Gasteiger partial charge in [0.1, 0.15) is 16.7 Å². The van der Waals surface area contributed by atoms with Gasteiger partial charge in [-0.15, -0.1) is 0 Å². The smallest absolute Gasteiger partial charge is 0.343 e. The van der Waals surface area contributed by atoms with Crippen LogP contribution < -0.4 is 14.1 Å². The molecule has 2 N–H and O–H groups in total. The molecule has 3 aliphatic rings. The maximum absolute atomic E-state index is 13.6. The zero-order valence-corrected chi connectivity index (χ0v) is 24.4. The predicted molar refractivity (Wildman–Crippen MR) is 154 cm³/mol. The lowest BCUT2D eigenvalue weighted by atomic mass is 9.56. The van der Waals surface area contributed by atoms with Crippen LogP contribution in [0.5, 0.6) is 11.5 Å². The molecule has 0 amide bonds. The molecule has 0 aromatic heterocycles. The maximum atomic E-state index is 13.6. The van der Waals surface area contributed by atoms with Gasteiger partial charge < -0.3 is 8.92 Å². The van der Waals surface area contributed by atoms with E-state index in [2.05, 4.69) is 13.0 Å². The fourth-order valence-corrected chi connectivity index (χ4v) is 10.1. The normalized spacial score (nSPS) is 27.3. The molecule has 2 saturated carbocycles. The SMILES string of the molecule is C[C@]12CCC3c4ccc(OC(=O)c5ccccc5)cc4CCC3C1CC[C@@H]2S(=O)(=O)Oc1cccc(S(N)(=O)=O)c1. The predicted octanol–water partition coefficient (Wildman–Crippen LogP) is 5.19. The van der Waals surface area contributed by atoms with Gasteiger partial charge in [0.05, 0.1) is 10.5 Å². The van der Waals surface area contributed by atoms with Gasteiger partial charge in [0.25, 0.3) is 0 Å². The highest BCUT2D eigenvalue weighted by Gasteiger charge is 2.59. The van der Waals surface area contributed by atoms with Gasteiger partial charge in [-0.2, -0.15) is 8.42 Å². The molecule has 6 rings (SSSR count). The van der Waals surface area contributed by atoms with E-state index in [1.54, 1.807) is 24.3 Å². The van der Waals surface area contributed by atoms with Gasteiger partial charge in [0.2, 0.25) is 10.0 Å². The second-order valence-electron chi connectivity index (χ2n) is 11.7. The maximum Gasteiger partial charge on any atom is 0.343 e. The number of benzene rings is 3. The van der Waals surface area contributed by atoms with E-state index in [0.29, 0.717) is 29.6 Å². The summed E-state index contributed by atoms with van der Waals surface area (Å²) in [6.45, 7) is 2.08. The van der Waals surface area contributed by atoms with Crippen molar-refractivity contribution in [2.45, 2.75) is 61.5 Å². The number of carbonyl (C=O) groups is 1. The van der Waals surface area contributed by atoms with Crippen LogP contribution >= 0.6 is 0 Å². The largest absolute Gasteiger partial charge is 0.423 e. The number of primary sulfonamides is 1. The van der Waals surface area contributed by atoms with Gasteiger partial charge in [-0.05, 0) is 109 Å². The summed E-state index contributed by atoms with van der Waals surface area (Å²) in [6, 6.07) is 20.1. The molecule has 5 atom stereocenters. The lowest BCUT2D eigenvalue weighted by molar-refractivity contribution is 0.0603. The van der Waals surface area contributed by atoms with E-state index in [4.69, 9.17) is 14.1 Å². The molecule has 3 aromatic carbocycles. The number of rotatable bonds is 6. The van der Waals surface area contributed by atoms with Crippen LogP contribution in [0.4, 0.5) is 0 Å². The fraction of sp³-hybridized carbons (Fsp3) is 0.387. The van der Waals surface area contributed by atoms with Crippen molar-refractivity contribution < 1.29 is 30.6 Å². The van der Waals surface area contributed by atoms with Gasteiger partial charge in [-0.3, -0.25) is 0 Å². The van der Waals surface area contributed by atoms with Crippen LogP contribution in [-0.2, 0) is 26.6 Å². The molecule has 0 aliphatic heterocycles. The molecule has 0 radical (unpaired) electrons. The van der Waals surface area contributed by atoms with Gasteiger partial charge in [0.15, 0.2) is 0 Å². The monoisotopic (exact) mass is 595 g/mol. The van der Waals surface area contributed by atoms with Gasteiger partial charge in [-0.1, -0.05) is 37.3 Å².